The minimum Gasteiger partial charge on any atom is -0.322 e. The van der Waals surface area contributed by atoms with Crippen LogP contribution < -0.4 is 11.1 Å². The number of nitrogens with one attached hydrogen (secondary N) is 2. The lowest BCUT2D eigenvalue weighted by Gasteiger charge is -2.04. The zero-order chi connectivity index (χ0) is 17.8. The molecule has 0 aliphatic carbocycles. The molecule has 1 aromatic heterocycles. The Morgan fingerprint density at radius 1 is 1.16 bits per heavy atom. The van der Waals surface area contributed by atoms with Crippen LogP contribution in [-0.4, -0.2) is 16.0 Å². The lowest BCUT2D eigenvalue weighted by atomic mass is 10.2. The van der Waals surface area contributed by atoms with Gasteiger partial charge in [-0.05, 0) is 30.3 Å². The van der Waals surface area contributed by atoms with Gasteiger partial charge in [-0.1, -0.05) is 46.6 Å². The van der Waals surface area contributed by atoms with Crippen molar-refractivity contribution >= 4 is 40.9 Å². The lowest BCUT2D eigenvalue weighted by molar-refractivity contribution is -0.111. The summed E-state index contributed by atoms with van der Waals surface area (Å²) in [4.78, 5) is 25.5. The quantitative estimate of drug-likeness (QED) is 0.674. The van der Waals surface area contributed by atoms with Crippen LogP contribution in [0.1, 0.15) is 5.56 Å². The number of halogens is 2. The summed E-state index contributed by atoms with van der Waals surface area (Å²) in [6, 6.07) is 11.9. The molecule has 0 unspecified atom stereocenters. The first-order valence-corrected chi connectivity index (χ1v) is 7.88. The second-order valence-corrected chi connectivity index (χ2v) is 5.80. The molecule has 0 atom stereocenters. The van der Waals surface area contributed by atoms with Gasteiger partial charge in [0.25, 0.3) is 0 Å². The van der Waals surface area contributed by atoms with E-state index in [1.807, 2.05) is 0 Å². The van der Waals surface area contributed by atoms with Crippen LogP contribution in [0.15, 0.2) is 57.9 Å². The lowest BCUT2D eigenvalue weighted by Crippen LogP contribution is -2.07. The molecule has 2 aromatic carbocycles. The van der Waals surface area contributed by atoms with Gasteiger partial charge in [-0.25, -0.2) is 4.79 Å². The number of rotatable bonds is 4. The molecule has 0 radical (unpaired) electrons. The molecule has 0 aliphatic rings. The number of H-pyrrole nitrogens is 1. The minimum absolute atomic E-state index is 0.277. The third-order valence-electron chi connectivity index (χ3n) is 3.24. The summed E-state index contributed by atoms with van der Waals surface area (Å²) in [5.74, 6) is -0.731. The minimum atomic E-state index is -0.649. The Labute approximate surface area is 152 Å². The summed E-state index contributed by atoms with van der Waals surface area (Å²) in [6.07, 6.45) is 2.87. The summed E-state index contributed by atoms with van der Waals surface area (Å²) in [6.45, 7) is 0. The van der Waals surface area contributed by atoms with Crippen molar-refractivity contribution in [1.82, 2.24) is 10.1 Å². The number of carbonyl (C=O) groups is 1. The smallest absolute Gasteiger partial charge is 0.322 e. The second-order valence-electron chi connectivity index (χ2n) is 4.98. The number of anilines is 1. The van der Waals surface area contributed by atoms with Gasteiger partial charge >= 0.3 is 5.76 Å². The Morgan fingerprint density at radius 3 is 2.56 bits per heavy atom. The van der Waals surface area contributed by atoms with E-state index in [4.69, 9.17) is 23.2 Å². The van der Waals surface area contributed by atoms with Crippen molar-refractivity contribution in [2.75, 3.05) is 5.32 Å². The fourth-order valence-electron chi connectivity index (χ4n) is 2.11. The molecule has 6 nitrogen and oxygen atoms in total. The number of hydrogen-bond donors (Lipinski definition) is 2. The van der Waals surface area contributed by atoms with Gasteiger partial charge < -0.3 is 5.32 Å². The Morgan fingerprint density at radius 2 is 1.88 bits per heavy atom. The topological polar surface area (TPSA) is 88.0 Å². The van der Waals surface area contributed by atoms with Crippen molar-refractivity contribution < 1.29 is 9.32 Å². The van der Waals surface area contributed by atoms with Crippen LogP contribution >= 0.6 is 23.2 Å². The molecule has 0 saturated carbocycles. The van der Waals surface area contributed by atoms with E-state index in [1.165, 1.54) is 6.08 Å². The number of benzene rings is 2. The highest BCUT2D eigenvalue weighted by molar-refractivity contribution is 6.37. The molecule has 0 spiro atoms. The number of aromatic nitrogens is 2. The maximum atomic E-state index is 12.1. The van der Waals surface area contributed by atoms with Gasteiger partial charge in [0, 0.05) is 32.9 Å². The van der Waals surface area contributed by atoms with Crippen molar-refractivity contribution in [2.45, 2.75) is 0 Å². The molecule has 25 heavy (non-hydrogen) atoms. The van der Waals surface area contributed by atoms with Crippen LogP contribution in [0.4, 0.5) is 5.69 Å². The highest BCUT2D eigenvalue weighted by Crippen LogP contribution is 2.25. The van der Waals surface area contributed by atoms with Crippen LogP contribution in [-0.2, 0) is 4.79 Å². The first-order valence-electron chi connectivity index (χ1n) is 7.12. The Hall–Kier alpha value is -2.83. The molecule has 0 bridgehead atoms. The third kappa shape index (κ3) is 4.17. The Balaban J connectivity index is 1.75. The fraction of sp³-hybridized carbons (Fsp3) is 0. The van der Waals surface area contributed by atoms with Crippen LogP contribution in [0.3, 0.4) is 0 Å². The van der Waals surface area contributed by atoms with Gasteiger partial charge in [0.15, 0.2) is 5.82 Å². The maximum absolute atomic E-state index is 12.1. The SMILES string of the molecule is O=C(/C=C/c1c(Cl)cccc1Cl)Nc1cccc(-c2noc(=O)[nH]2)c1. The zero-order valence-corrected chi connectivity index (χ0v) is 14.1. The van der Waals surface area contributed by atoms with Gasteiger partial charge in [-0.2, -0.15) is 0 Å². The molecule has 0 saturated heterocycles. The molecule has 2 N–H and O–H groups in total. The molecule has 8 heteroatoms. The van der Waals surface area contributed by atoms with Crippen molar-refractivity contribution in [3.63, 3.8) is 0 Å². The van der Waals surface area contributed by atoms with Crippen LogP contribution in [0, 0.1) is 0 Å². The molecule has 1 amide bonds. The van der Waals surface area contributed by atoms with E-state index >= 15 is 0 Å². The molecule has 3 aromatic rings. The van der Waals surface area contributed by atoms with Gasteiger partial charge in [-0.15, -0.1) is 0 Å². The van der Waals surface area contributed by atoms with E-state index in [-0.39, 0.29) is 11.7 Å². The number of amides is 1. The highest BCUT2D eigenvalue weighted by atomic mass is 35.5. The van der Waals surface area contributed by atoms with Gasteiger partial charge in [0.2, 0.25) is 5.91 Å². The summed E-state index contributed by atoms with van der Waals surface area (Å²) in [7, 11) is 0. The van der Waals surface area contributed by atoms with Crippen molar-refractivity contribution in [3.8, 4) is 11.4 Å². The number of hydrogen-bond acceptors (Lipinski definition) is 4. The van der Waals surface area contributed by atoms with Gasteiger partial charge in [-0.3, -0.25) is 14.3 Å². The van der Waals surface area contributed by atoms with Gasteiger partial charge in [0.1, 0.15) is 0 Å². The fourth-order valence-corrected chi connectivity index (χ4v) is 2.63. The zero-order valence-electron chi connectivity index (χ0n) is 12.6. The standard InChI is InChI=1S/C17H11Cl2N3O3/c18-13-5-2-6-14(19)12(13)7-8-15(23)20-11-4-1-3-10(9-11)16-21-17(24)25-22-16/h1-9H,(H,20,23)(H,21,22,24)/b8-7+. The second kappa shape index (κ2) is 7.38. The molecule has 0 fully saturated rings. The van der Waals surface area contributed by atoms with Crippen LogP contribution in [0.2, 0.25) is 10.0 Å². The third-order valence-corrected chi connectivity index (χ3v) is 3.90. The van der Waals surface area contributed by atoms with E-state index in [1.54, 1.807) is 48.5 Å². The normalized spacial score (nSPS) is 11.0. The van der Waals surface area contributed by atoms with E-state index in [2.05, 4.69) is 20.0 Å². The van der Waals surface area contributed by atoms with Crippen molar-refractivity contribution in [3.05, 3.63) is 74.7 Å². The Kier molecular flexibility index (Phi) is 5.02. The predicted molar refractivity (Wildman–Crippen MR) is 96.7 cm³/mol. The van der Waals surface area contributed by atoms with E-state index in [0.29, 0.717) is 26.9 Å². The van der Waals surface area contributed by atoms with Crippen molar-refractivity contribution in [1.29, 1.82) is 0 Å². The summed E-state index contributed by atoms with van der Waals surface area (Å²) < 4.78 is 4.47. The predicted octanol–water partition coefficient (Wildman–Crippen LogP) is 3.99. The summed E-state index contributed by atoms with van der Waals surface area (Å²) in [5, 5.41) is 7.21. The van der Waals surface area contributed by atoms with E-state index < -0.39 is 5.76 Å². The van der Waals surface area contributed by atoms with Gasteiger partial charge in [0.05, 0.1) is 0 Å². The maximum Gasteiger partial charge on any atom is 0.439 e. The van der Waals surface area contributed by atoms with E-state index in [9.17, 15) is 9.59 Å². The van der Waals surface area contributed by atoms with Crippen molar-refractivity contribution in [2.24, 2.45) is 0 Å². The molecule has 0 aliphatic heterocycles. The molecular formula is C17H11Cl2N3O3. The average Bonchev–Trinajstić information content (AvgIpc) is 3.01. The number of aromatic amines is 1. The van der Waals surface area contributed by atoms with Crippen LogP contribution in [0.25, 0.3) is 17.5 Å². The summed E-state index contributed by atoms with van der Waals surface area (Å²) in [5.41, 5.74) is 1.69. The average molecular weight is 376 g/mol. The van der Waals surface area contributed by atoms with E-state index in [0.717, 1.165) is 0 Å². The first kappa shape index (κ1) is 17.0. The Bertz CT molecular complexity index is 988. The number of nitrogens with zero attached hydrogens (tertiary/aromatic N) is 1. The molecule has 126 valence electrons. The molecule has 3 rings (SSSR count). The molecular weight excluding hydrogens is 365 g/mol. The molecule has 1 heterocycles. The largest absolute Gasteiger partial charge is 0.439 e. The number of carbonyl (C=O) groups excluding carboxylic acids is 1. The first-order chi connectivity index (χ1) is 12.0. The van der Waals surface area contributed by atoms with Crippen LogP contribution in [0.5, 0.6) is 0 Å². The highest BCUT2D eigenvalue weighted by Gasteiger charge is 2.07. The monoisotopic (exact) mass is 375 g/mol. The summed E-state index contributed by atoms with van der Waals surface area (Å²) >= 11 is 12.1.